The molecule has 12 heavy (non-hydrogen) atoms. The summed E-state index contributed by atoms with van der Waals surface area (Å²) in [6, 6.07) is 0.405. The number of carbonyl (C=O) groups is 1. The molecule has 1 aliphatic rings. The highest BCUT2D eigenvalue weighted by atomic mass is 16.1. The largest absolute Gasteiger partial charge is 0.353 e. The minimum absolute atomic E-state index is 0.235. The summed E-state index contributed by atoms with van der Waals surface area (Å²) in [5.74, 6) is 1.37. The van der Waals surface area contributed by atoms with Gasteiger partial charge in [-0.25, -0.2) is 0 Å². The van der Waals surface area contributed by atoms with Gasteiger partial charge in [-0.15, -0.1) is 0 Å². The number of carbonyl (C=O) groups excluding carboxylic acids is 1. The number of amides is 1. The molecule has 1 rings (SSSR count). The maximum Gasteiger partial charge on any atom is 0.220 e. The highest BCUT2D eigenvalue weighted by Crippen LogP contribution is 2.19. The van der Waals surface area contributed by atoms with Gasteiger partial charge in [-0.2, -0.15) is 0 Å². The molecule has 0 aromatic rings. The summed E-state index contributed by atoms with van der Waals surface area (Å²) in [4.78, 5) is 11.3. The van der Waals surface area contributed by atoms with Gasteiger partial charge in [-0.1, -0.05) is 20.8 Å². The van der Waals surface area contributed by atoms with Crippen LogP contribution in [0.4, 0.5) is 0 Å². The molecular weight excluding hydrogens is 150 g/mol. The van der Waals surface area contributed by atoms with E-state index in [0.29, 0.717) is 24.3 Å². The highest BCUT2D eigenvalue weighted by Gasteiger charge is 2.22. The van der Waals surface area contributed by atoms with Gasteiger partial charge < -0.3 is 5.32 Å². The van der Waals surface area contributed by atoms with Crippen LogP contribution in [-0.2, 0) is 4.79 Å². The number of hydrogen-bond donors (Lipinski definition) is 1. The summed E-state index contributed by atoms with van der Waals surface area (Å²) in [5, 5.41) is 3.07. The summed E-state index contributed by atoms with van der Waals surface area (Å²) >= 11 is 0. The minimum atomic E-state index is 0.235. The van der Waals surface area contributed by atoms with Gasteiger partial charge >= 0.3 is 0 Å². The first kappa shape index (κ1) is 9.56. The normalized spacial score (nSPS) is 31.5. The molecule has 1 aliphatic heterocycles. The zero-order valence-corrected chi connectivity index (χ0v) is 8.26. The monoisotopic (exact) mass is 169 g/mol. The zero-order valence-electron chi connectivity index (χ0n) is 8.26. The Labute approximate surface area is 74.7 Å². The Morgan fingerprint density at radius 2 is 2.08 bits per heavy atom. The van der Waals surface area contributed by atoms with Crippen molar-refractivity contribution in [2.75, 3.05) is 0 Å². The van der Waals surface area contributed by atoms with Crippen molar-refractivity contribution in [3.8, 4) is 0 Å². The Bertz CT molecular complexity index is 165. The van der Waals surface area contributed by atoms with Crippen molar-refractivity contribution in [3.05, 3.63) is 0 Å². The van der Waals surface area contributed by atoms with Crippen molar-refractivity contribution in [2.24, 2.45) is 11.8 Å². The Hall–Kier alpha value is -0.530. The molecule has 0 saturated carbocycles. The van der Waals surface area contributed by atoms with Gasteiger partial charge in [0, 0.05) is 12.5 Å². The minimum Gasteiger partial charge on any atom is -0.353 e. The summed E-state index contributed by atoms with van der Waals surface area (Å²) in [6.45, 7) is 6.49. The highest BCUT2D eigenvalue weighted by molar-refractivity contribution is 5.76. The lowest BCUT2D eigenvalue weighted by atomic mass is 9.96. The van der Waals surface area contributed by atoms with Crippen LogP contribution in [0.2, 0.25) is 0 Å². The van der Waals surface area contributed by atoms with Gasteiger partial charge in [0.1, 0.15) is 0 Å². The average molecular weight is 169 g/mol. The lowest BCUT2D eigenvalue weighted by Gasteiger charge is -2.19. The van der Waals surface area contributed by atoms with E-state index in [1.807, 2.05) is 0 Å². The van der Waals surface area contributed by atoms with E-state index < -0.39 is 0 Å². The van der Waals surface area contributed by atoms with E-state index in [1.165, 1.54) is 6.42 Å². The first-order valence-electron chi connectivity index (χ1n) is 4.89. The molecule has 0 bridgehead atoms. The Morgan fingerprint density at radius 1 is 1.42 bits per heavy atom. The fourth-order valence-electron chi connectivity index (χ4n) is 1.72. The van der Waals surface area contributed by atoms with E-state index >= 15 is 0 Å². The van der Waals surface area contributed by atoms with Crippen molar-refractivity contribution in [3.63, 3.8) is 0 Å². The molecule has 0 radical (unpaired) electrons. The lowest BCUT2D eigenvalue weighted by Crippen LogP contribution is -2.36. The second-order valence-electron chi connectivity index (χ2n) is 4.30. The van der Waals surface area contributed by atoms with Crippen LogP contribution in [0.1, 0.15) is 40.0 Å². The Balaban J connectivity index is 2.52. The van der Waals surface area contributed by atoms with Crippen molar-refractivity contribution < 1.29 is 4.79 Å². The number of rotatable bonds is 1. The quantitative estimate of drug-likeness (QED) is 0.638. The predicted octanol–water partition coefficient (Wildman–Crippen LogP) is 1.95. The average Bonchev–Trinajstić information content (AvgIpc) is 2.11. The van der Waals surface area contributed by atoms with E-state index in [9.17, 15) is 4.79 Å². The Morgan fingerprint density at radius 3 is 2.67 bits per heavy atom. The molecule has 0 aliphatic carbocycles. The molecule has 2 atom stereocenters. The van der Waals surface area contributed by atoms with Crippen LogP contribution in [-0.4, -0.2) is 11.9 Å². The topological polar surface area (TPSA) is 29.1 Å². The standard InChI is InChI=1S/C10H19NO/c1-7(2)9-5-4-8(3)6-10(12)11-9/h7-9H,4-6H2,1-3H3,(H,11,12)/t8-,9?/m1/s1. The molecule has 0 spiro atoms. The first-order chi connectivity index (χ1) is 5.59. The summed E-state index contributed by atoms with van der Waals surface area (Å²) in [5.41, 5.74) is 0. The summed E-state index contributed by atoms with van der Waals surface area (Å²) in [7, 11) is 0. The van der Waals surface area contributed by atoms with Gasteiger partial charge in [0.15, 0.2) is 0 Å². The van der Waals surface area contributed by atoms with Crippen molar-refractivity contribution >= 4 is 5.91 Å². The third kappa shape index (κ3) is 2.50. The van der Waals surface area contributed by atoms with Crippen molar-refractivity contribution in [2.45, 2.75) is 46.1 Å². The van der Waals surface area contributed by atoms with Crippen LogP contribution in [0.5, 0.6) is 0 Å². The second-order valence-corrected chi connectivity index (χ2v) is 4.30. The molecular formula is C10H19NO. The van der Waals surface area contributed by atoms with Gasteiger partial charge in [0.2, 0.25) is 5.91 Å². The van der Waals surface area contributed by atoms with Crippen LogP contribution in [0.25, 0.3) is 0 Å². The SMILES string of the molecule is CC(C)C1CC[C@@H](C)CC(=O)N1. The predicted molar refractivity (Wildman–Crippen MR) is 49.8 cm³/mol. The molecule has 0 aromatic heterocycles. The van der Waals surface area contributed by atoms with E-state index in [0.717, 1.165) is 6.42 Å². The molecule has 2 heteroatoms. The lowest BCUT2D eigenvalue weighted by molar-refractivity contribution is -0.122. The third-order valence-electron chi connectivity index (χ3n) is 2.66. The van der Waals surface area contributed by atoms with Gasteiger partial charge in [-0.05, 0) is 24.7 Å². The molecule has 1 fully saturated rings. The van der Waals surface area contributed by atoms with Crippen molar-refractivity contribution in [1.82, 2.24) is 5.32 Å². The Kier molecular flexibility index (Phi) is 3.12. The fourth-order valence-corrected chi connectivity index (χ4v) is 1.72. The van der Waals surface area contributed by atoms with Gasteiger partial charge in [-0.3, -0.25) is 4.79 Å². The van der Waals surface area contributed by atoms with Crippen LogP contribution in [0, 0.1) is 11.8 Å². The molecule has 0 aromatic carbocycles. The fraction of sp³-hybridized carbons (Fsp3) is 0.900. The molecule has 1 heterocycles. The van der Waals surface area contributed by atoms with Crippen LogP contribution in [0.15, 0.2) is 0 Å². The molecule has 1 saturated heterocycles. The van der Waals surface area contributed by atoms with E-state index in [4.69, 9.17) is 0 Å². The van der Waals surface area contributed by atoms with E-state index in [-0.39, 0.29) is 5.91 Å². The van der Waals surface area contributed by atoms with E-state index in [2.05, 4.69) is 26.1 Å². The molecule has 1 unspecified atom stereocenters. The van der Waals surface area contributed by atoms with Gasteiger partial charge in [0.05, 0.1) is 0 Å². The number of nitrogens with one attached hydrogen (secondary N) is 1. The number of hydrogen-bond acceptors (Lipinski definition) is 1. The smallest absolute Gasteiger partial charge is 0.220 e. The van der Waals surface area contributed by atoms with E-state index in [1.54, 1.807) is 0 Å². The molecule has 1 amide bonds. The first-order valence-corrected chi connectivity index (χ1v) is 4.89. The maximum atomic E-state index is 11.3. The second kappa shape index (κ2) is 3.92. The third-order valence-corrected chi connectivity index (χ3v) is 2.66. The maximum absolute atomic E-state index is 11.3. The molecule has 1 N–H and O–H groups in total. The molecule has 2 nitrogen and oxygen atoms in total. The van der Waals surface area contributed by atoms with Gasteiger partial charge in [0.25, 0.3) is 0 Å². The van der Waals surface area contributed by atoms with Crippen LogP contribution < -0.4 is 5.32 Å². The summed E-state index contributed by atoms with van der Waals surface area (Å²) in [6.07, 6.45) is 3.04. The zero-order chi connectivity index (χ0) is 9.14. The molecule has 70 valence electrons. The van der Waals surface area contributed by atoms with Crippen LogP contribution >= 0.6 is 0 Å². The summed E-state index contributed by atoms with van der Waals surface area (Å²) < 4.78 is 0. The van der Waals surface area contributed by atoms with Crippen molar-refractivity contribution in [1.29, 1.82) is 0 Å². The van der Waals surface area contributed by atoms with Crippen LogP contribution in [0.3, 0.4) is 0 Å².